The van der Waals surface area contributed by atoms with Gasteiger partial charge in [0.2, 0.25) is 6.79 Å². The van der Waals surface area contributed by atoms with Crippen LogP contribution in [0.15, 0.2) is 23.0 Å². The molecule has 0 bridgehead atoms. The van der Waals surface area contributed by atoms with Gasteiger partial charge in [0.25, 0.3) is 5.56 Å². The number of ketones is 1. The number of fused-ring (bicyclic) bond motifs is 6. The van der Waals surface area contributed by atoms with Gasteiger partial charge in [0.1, 0.15) is 0 Å². The van der Waals surface area contributed by atoms with Crippen molar-refractivity contribution in [1.29, 1.82) is 0 Å². The van der Waals surface area contributed by atoms with E-state index < -0.39 is 11.6 Å². The Morgan fingerprint density at radius 1 is 1.05 bits per heavy atom. The first-order valence-electron chi connectivity index (χ1n) is 14.4. The van der Waals surface area contributed by atoms with Crippen molar-refractivity contribution < 1.29 is 23.8 Å². The third-order valence-corrected chi connectivity index (χ3v) is 9.18. The van der Waals surface area contributed by atoms with Gasteiger partial charge < -0.3 is 23.7 Å². The molecule has 2 aromatic heterocycles. The van der Waals surface area contributed by atoms with E-state index in [0.29, 0.717) is 53.5 Å². The minimum atomic E-state index is -1.46. The zero-order chi connectivity index (χ0) is 27.6. The number of nitrogens with zero attached hydrogens (tertiary/aromatic N) is 3. The maximum absolute atomic E-state index is 13.9. The fraction of sp³-hybridized carbons (Fsp3) is 0.484. The number of hydrogen-bond donors (Lipinski definition) is 0. The summed E-state index contributed by atoms with van der Waals surface area (Å²) in [6.45, 7) is 7.06. The fourth-order valence-electron chi connectivity index (χ4n) is 6.90. The van der Waals surface area contributed by atoms with Gasteiger partial charge in [-0.05, 0) is 63.4 Å². The van der Waals surface area contributed by atoms with E-state index in [1.807, 2.05) is 32.0 Å². The van der Waals surface area contributed by atoms with E-state index >= 15 is 0 Å². The SMILES string of the molecule is CCC1(OC(=O)CCN2CCCCC2)C(=O)CCc2c1cc1n(c2=O)Cc2c-1nc1cc3c(cc1c2C)OCO3. The van der Waals surface area contributed by atoms with Crippen LogP contribution in [-0.4, -0.2) is 52.6 Å². The minimum absolute atomic E-state index is 0.141. The van der Waals surface area contributed by atoms with Crippen LogP contribution in [0.4, 0.5) is 0 Å². The first-order valence-corrected chi connectivity index (χ1v) is 14.4. The third kappa shape index (κ3) is 3.78. The summed E-state index contributed by atoms with van der Waals surface area (Å²) in [7, 11) is 0. The van der Waals surface area contributed by atoms with Gasteiger partial charge in [0.05, 0.1) is 29.9 Å². The second-order valence-electron chi connectivity index (χ2n) is 11.3. The fourth-order valence-corrected chi connectivity index (χ4v) is 6.90. The molecule has 0 spiro atoms. The van der Waals surface area contributed by atoms with E-state index in [1.54, 1.807) is 4.57 Å². The summed E-state index contributed by atoms with van der Waals surface area (Å²) in [5, 5.41) is 0.953. The average Bonchev–Trinajstić information content (AvgIpc) is 3.58. The molecule has 0 radical (unpaired) electrons. The van der Waals surface area contributed by atoms with Gasteiger partial charge in [-0.15, -0.1) is 0 Å². The first kappa shape index (κ1) is 25.3. The van der Waals surface area contributed by atoms with Gasteiger partial charge in [-0.1, -0.05) is 13.3 Å². The summed E-state index contributed by atoms with van der Waals surface area (Å²) in [5.41, 5.74) is 3.60. The number of Topliss-reactive ketones (excluding diaryl/α,β-unsaturated/α-hetero) is 1. The molecule has 7 rings (SSSR count). The van der Waals surface area contributed by atoms with Crippen molar-refractivity contribution in [3.63, 3.8) is 0 Å². The Labute approximate surface area is 232 Å². The van der Waals surface area contributed by atoms with Crippen LogP contribution in [-0.2, 0) is 32.9 Å². The van der Waals surface area contributed by atoms with Crippen LogP contribution < -0.4 is 15.0 Å². The Bertz CT molecular complexity index is 1640. The number of aromatic nitrogens is 2. The van der Waals surface area contributed by atoms with E-state index in [1.165, 1.54) is 6.42 Å². The van der Waals surface area contributed by atoms with Gasteiger partial charge >= 0.3 is 5.97 Å². The van der Waals surface area contributed by atoms with Gasteiger partial charge in [-0.25, -0.2) is 4.98 Å². The molecule has 9 heteroatoms. The molecule has 1 aromatic carbocycles. The molecule has 208 valence electrons. The van der Waals surface area contributed by atoms with Crippen molar-refractivity contribution in [2.75, 3.05) is 26.4 Å². The molecule has 1 unspecified atom stereocenters. The number of benzene rings is 1. The van der Waals surface area contributed by atoms with E-state index in [9.17, 15) is 14.4 Å². The summed E-state index contributed by atoms with van der Waals surface area (Å²) >= 11 is 0. The lowest BCUT2D eigenvalue weighted by Crippen LogP contribution is -2.46. The molecule has 0 N–H and O–H groups in total. The van der Waals surface area contributed by atoms with Gasteiger partial charge in [0, 0.05) is 41.1 Å². The quantitative estimate of drug-likeness (QED) is 0.348. The summed E-state index contributed by atoms with van der Waals surface area (Å²) in [6.07, 6.45) is 4.52. The topological polar surface area (TPSA) is 100.0 Å². The Morgan fingerprint density at radius 3 is 2.60 bits per heavy atom. The van der Waals surface area contributed by atoms with Crippen molar-refractivity contribution in [3.05, 3.63) is 50.8 Å². The predicted octanol–water partition coefficient (Wildman–Crippen LogP) is 4.00. The zero-order valence-electron chi connectivity index (χ0n) is 23.0. The molecule has 4 aliphatic rings. The number of aryl methyl sites for hydroxylation is 1. The number of carbonyl (C=O) groups excluding carboxylic acids is 2. The normalized spacial score (nSPS) is 21.3. The van der Waals surface area contributed by atoms with Crippen molar-refractivity contribution in [2.45, 2.75) is 70.9 Å². The molecule has 5 heterocycles. The Hall–Kier alpha value is -3.72. The van der Waals surface area contributed by atoms with Gasteiger partial charge in [0.15, 0.2) is 22.9 Å². The van der Waals surface area contributed by atoms with Crippen LogP contribution >= 0.6 is 0 Å². The maximum atomic E-state index is 13.9. The van der Waals surface area contributed by atoms with Crippen LogP contribution in [0.3, 0.4) is 0 Å². The van der Waals surface area contributed by atoms with Crippen LogP contribution in [0.5, 0.6) is 11.5 Å². The standard InChI is InChI=1S/C31H33N3O6/c1-3-31(40-28(36)9-12-33-10-5-4-6-11-33)22-14-24-29-21(16-34(24)30(37)19(22)7-8-27(31)35)18(2)20-13-25-26(39-17-38-25)15-23(20)32-29/h13-15H,3-12,16-17H2,1-2H3. The molecular weight excluding hydrogens is 510 g/mol. The summed E-state index contributed by atoms with van der Waals surface area (Å²) < 4.78 is 19.0. The number of ether oxygens (including phenoxy) is 3. The monoisotopic (exact) mass is 543 g/mol. The van der Waals surface area contributed by atoms with E-state index in [-0.39, 0.29) is 37.4 Å². The number of piperidine rings is 1. The van der Waals surface area contributed by atoms with E-state index in [4.69, 9.17) is 19.2 Å². The second kappa shape index (κ2) is 9.44. The summed E-state index contributed by atoms with van der Waals surface area (Å²) in [4.78, 5) is 47.8. The van der Waals surface area contributed by atoms with Gasteiger partial charge in [-0.2, -0.15) is 0 Å². The molecule has 40 heavy (non-hydrogen) atoms. The van der Waals surface area contributed by atoms with Crippen LogP contribution in [0.1, 0.15) is 67.7 Å². The molecule has 1 atom stereocenters. The smallest absolute Gasteiger partial charge is 0.308 e. The van der Waals surface area contributed by atoms with Crippen LogP contribution in [0, 0.1) is 6.92 Å². The lowest BCUT2D eigenvalue weighted by Gasteiger charge is -2.36. The Balaban J connectivity index is 1.29. The second-order valence-corrected chi connectivity index (χ2v) is 11.3. The highest BCUT2D eigenvalue weighted by atomic mass is 16.7. The highest BCUT2D eigenvalue weighted by Gasteiger charge is 2.48. The lowest BCUT2D eigenvalue weighted by atomic mass is 9.76. The highest BCUT2D eigenvalue weighted by Crippen LogP contribution is 2.44. The third-order valence-electron chi connectivity index (χ3n) is 9.18. The zero-order valence-corrected chi connectivity index (χ0v) is 23.0. The molecule has 1 aliphatic carbocycles. The Kier molecular flexibility index (Phi) is 5.96. The van der Waals surface area contributed by atoms with Crippen molar-refractivity contribution in [1.82, 2.24) is 14.5 Å². The molecule has 1 saturated heterocycles. The van der Waals surface area contributed by atoms with Crippen molar-refractivity contribution in [3.8, 4) is 22.9 Å². The number of pyridine rings is 2. The molecular formula is C31H33N3O6. The number of rotatable bonds is 5. The number of carbonyl (C=O) groups is 2. The first-order chi connectivity index (χ1) is 19.4. The van der Waals surface area contributed by atoms with Crippen molar-refractivity contribution >= 4 is 22.7 Å². The summed E-state index contributed by atoms with van der Waals surface area (Å²) in [6, 6.07) is 5.70. The van der Waals surface area contributed by atoms with Gasteiger partial charge in [-0.3, -0.25) is 14.4 Å². The molecule has 9 nitrogen and oxygen atoms in total. The molecule has 0 amide bonds. The van der Waals surface area contributed by atoms with E-state index in [0.717, 1.165) is 48.0 Å². The van der Waals surface area contributed by atoms with E-state index in [2.05, 4.69) is 4.90 Å². The molecule has 3 aliphatic heterocycles. The maximum Gasteiger partial charge on any atom is 0.308 e. The summed E-state index contributed by atoms with van der Waals surface area (Å²) in [5.74, 6) is 0.790. The number of esters is 1. The average molecular weight is 544 g/mol. The number of hydrogen-bond acceptors (Lipinski definition) is 8. The van der Waals surface area contributed by atoms with Crippen LogP contribution in [0.2, 0.25) is 0 Å². The molecule has 1 fully saturated rings. The molecule has 0 saturated carbocycles. The largest absolute Gasteiger partial charge is 0.454 e. The van der Waals surface area contributed by atoms with Crippen molar-refractivity contribution in [2.24, 2.45) is 0 Å². The number of likely N-dealkylation sites (tertiary alicyclic amines) is 1. The Morgan fingerprint density at radius 2 is 1.82 bits per heavy atom. The lowest BCUT2D eigenvalue weighted by molar-refractivity contribution is -0.171. The highest BCUT2D eigenvalue weighted by molar-refractivity contribution is 5.94. The minimum Gasteiger partial charge on any atom is -0.454 e. The molecule has 3 aromatic rings. The predicted molar refractivity (Wildman–Crippen MR) is 148 cm³/mol. The van der Waals surface area contributed by atoms with Crippen LogP contribution in [0.25, 0.3) is 22.3 Å².